The van der Waals surface area contributed by atoms with Gasteiger partial charge in [0.15, 0.2) is 0 Å². The predicted molar refractivity (Wildman–Crippen MR) is 85.7 cm³/mol. The largest absolute Gasteiger partial charge is 0.347 e. The second-order valence-corrected chi connectivity index (χ2v) is 7.18. The van der Waals surface area contributed by atoms with E-state index in [0.717, 1.165) is 20.8 Å². The van der Waals surface area contributed by atoms with Crippen molar-refractivity contribution in [3.8, 4) is 0 Å². The number of hydrogen-bond acceptors (Lipinski definition) is 4. The van der Waals surface area contributed by atoms with Crippen LogP contribution in [0, 0.1) is 5.92 Å². The fraction of sp³-hybridized carbons (Fsp3) is 0.600. The summed E-state index contributed by atoms with van der Waals surface area (Å²) in [5, 5.41) is 8.72. The molecule has 1 aliphatic rings. The van der Waals surface area contributed by atoms with Crippen LogP contribution in [0.5, 0.6) is 0 Å². The van der Waals surface area contributed by atoms with Crippen LogP contribution in [0.4, 0.5) is 0 Å². The summed E-state index contributed by atoms with van der Waals surface area (Å²) in [6, 6.07) is 2.09. The molecule has 1 aliphatic carbocycles. The number of carbonyl (C=O) groups excluding carboxylic acids is 1. The van der Waals surface area contributed by atoms with Crippen LogP contribution in [0.25, 0.3) is 10.2 Å². The standard InChI is InChI=1S/C15H22N4OS/c1-8(2)13-10-6-12(21-15(10)19(3)18-13)14(20)17-11(7-16)9-4-5-9/h6,8-9,11H,4-5,7,16H2,1-3H3,(H,17,20). The maximum Gasteiger partial charge on any atom is 0.261 e. The number of rotatable bonds is 5. The Morgan fingerprint density at radius 1 is 1.57 bits per heavy atom. The first-order valence-corrected chi connectivity index (χ1v) is 8.30. The lowest BCUT2D eigenvalue weighted by Gasteiger charge is -2.15. The predicted octanol–water partition coefficient (Wildman–Crippen LogP) is 2.23. The van der Waals surface area contributed by atoms with E-state index in [0.29, 0.717) is 18.4 Å². The Morgan fingerprint density at radius 2 is 2.29 bits per heavy atom. The van der Waals surface area contributed by atoms with Crippen LogP contribution in [0.3, 0.4) is 0 Å². The van der Waals surface area contributed by atoms with E-state index in [1.807, 2.05) is 17.8 Å². The summed E-state index contributed by atoms with van der Waals surface area (Å²) in [6.45, 7) is 4.76. The highest BCUT2D eigenvalue weighted by Crippen LogP contribution is 2.34. The fourth-order valence-electron chi connectivity index (χ4n) is 2.71. The van der Waals surface area contributed by atoms with Gasteiger partial charge in [0.1, 0.15) is 4.83 Å². The summed E-state index contributed by atoms with van der Waals surface area (Å²) < 4.78 is 1.87. The lowest BCUT2D eigenvalue weighted by Crippen LogP contribution is -2.41. The molecule has 3 rings (SSSR count). The lowest BCUT2D eigenvalue weighted by molar-refractivity contribution is 0.0937. The Labute approximate surface area is 128 Å². The summed E-state index contributed by atoms with van der Waals surface area (Å²) in [4.78, 5) is 14.2. The number of nitrogens with two attached hydrogens (primary N) is 1. The highest BCUT2D eigenvalue weighted by Gasteiger charge is 2.31. The molecule has 3 N–H and O–H groups in total. The van der Waals surface area contributed by atoms with E-state index < -0.39 is 0 Å². The van der Waals surface area contributed by atoms with Crippen LogP contribution in [0.2, 0.25) is 0 Å². The van der Waals surface area contributed by atoms with Crippen molar-refractivity contribution in [1.82, 2.24) is 15.1 Å². The molecule has 2 heterocycles. The maximum atomic E-state index is 12.4. The Kier molecular flexibility index (Phi) is 3.75. The quantitative estimate of drug-likeness (QED) is 0.889. The monoisotopic (exact) mass is 306 g/mol. The molecular formula is C15H22N4OS. The number of thiophene rings is 1. The number of aromatic nitrogens is 2. The minimum Gasteiger partial charge on any atom is -0.347 e. The normalized spacial score (nSPS) is 16.6. The summed E-state index contributed by atoms with van der Waals surface area (Å²) in [5.74, 6) is 0.914. The zero-order valence-corrected chi connectivity index (χ0v) is 13.5. The molecule has 0 radical (unpaired) electrons. The van der Waals surface area contributed by atoms with Crippen LogP contribution in [-0.4, -0.2) is 28.3 Å². The van der Waals surface area contributed by atoms with Crippen molar-refractivity contribution >= 4 is 27.5 Å². The average molecular weight is 306 g/mol. The molecule has 6 heteroatoms. The molecule has 1 saturated carbocycles. The molecule has 0 bridgehead atoms. The van der Waals surface area contributed by atoms with Gasteiger partial charge in [-0.05, 0) is 30.7 Å². The average Bonchev–Trinajstić information content (AvgIpc) is 3.10. The minimum atomic E-state index is -0.00624. The van der Waals surface area contributed by atoms with Gasteiger partial charge in [-0.15, -0.1) is 11.3 Å². The molecule has 2 aromatic rings. The summed E-state index contributed by atoms with van der Waals surface area (Å²) in [5.41, 5.74) is 6.81. The first-order chi connectivity index (χ1) is 10.0. The molecule has 1 amide bonds. The molecule has 0 saturated heterocycles. The number of amides is 1. The van der Waals surface area contributed by atoms with Crippen molar-refractivity contribution in [2.75, 3.05) is 6.54 Å². The van der Waals surface area contributed by atoms with E-state index in [4.69, 9.17) is 5.73 Å². The zero-order valence-electron chi connectivity index (χ0n) is 12.7. The smallest absolute Gasteiger partial charge is 0.261 e. The van der Waals surface area contributed by atoms with Crippen molar-refractivity contribution < 1.29 is 4.79 Å². The maximum absolute atomic E-state index is 12.4. The number of nitrogens with one attached hydrogen (secondary N) is 1. The number of nitrogens with zero attached hydrogens (tertiary/aromatic N) is 2. The fourth-order valence-corrected chi connectivity index (χ4v) is 3.69. The molecule has 0 spiro atoms. The third-order valence-corrected chi connectivity index (χ3v) is 5.27. The Bertz CT molecular complexity index is 669. The van der Waals surface area contributed by atoms with E-state index in [1.54, 1.807) is 0 Å². The minimum absolute atomic E-state index is 0.00624. The van der Waals surface area contributed by atoms with E-state index >= 15 is 0 Å². The molecule has 0 aliphatic heterocycles. The van der Waals surface area contributed by atoms with Crippen LogP contribution >= 0.6 is 11.3 Å². The van der Waals surface area contributed by atoms with Gasteiger partial charge in [0.2, 0.25) is 0 Å². The van der Waals surface area contributed by atoms with E-state index in [1.165, 1.54) is 24.2 Å². The zero-order chi connectivity index (χ0) is 15.1. The molecule has 21 heavy (non-hydrogen) atoms. The third-order valence-electron chi connectivity index (χ3n) is 4.07. The van der Waals surface area contributed by atoms with Crippen LogP contribution in [0.15, 0.2) is 6.07 Å². The second kappa shape index (κ2) is 5.42. The summed E-state index contributed by atoms with van der Waals surface area (Å²) >= 11 is 1.50. The Hall–Kier alpha value is -1.40. The summed E-state index contributed by atoms with van der Waals surface area (Å²) in [7, 11) is 1.93. The molecule has 1 atom stereocenters. The third kappa shape index (κ3) is 2.70. The first-order valence-electron chi connectivity index (χ1n) is 7.48. The molecule has 2 aromatic heterocycles. The topological polar surface area (TPSA) is 72.9 Å². The van der Waals surface area contributed by atoms with Crippen molar-refractivity contribution in [1.29, 1.82) is 0 Å². The van der Waals surface area contributed by atoms with Crippen molar-refractivity contribution in [2.45, 2.75) is 38.6 Å². The number of fused-ring (bicyclic) bond motifs is 1. The van der Waals surface area contributed by atoms with Gasteiger partial charge < -0.3 is 11.1 Å². The van der Waals surface area contributed by atoms with Gasteiger partial charge in [0.05, 0.1) is 10.6 Å². The Morgan fingerprint density at radius 3 is 2.86 bits per heavy atom. The highest BCUT2D eigenvalue weighted by molar-refractivity contribution is 7.20. The molecule has 5 nitrogen and oxygen atoms in total. The molecule has 1 fully saturated rings. The van der Waals surface area contributed by atoms with E-state index in [9.17, 15) is 4.79 Å². The van der Waals surface area contributed by atoms with Gasteiger partial charge in [-0.25, -0.2) is 0 Å². The SMILES string of the molecule is CC(C)c1nn(C)c2sc(C(=O)NC(CN)C3CC3)cc12. The highest BCUT2D eigenvalue weighted by atomic mass is 32.1. The van der Waals surface area contributed by atoms with E-state index in [-0.39, 0.29) is 11.9 Å². The molecular weight excluding hydrogens is 284 g/mol. The number of carbonyl (C=O) groups is 1. The first kappa shape index (κ1) is 14.5. The van der Waals surface area contributed by atoms with Gasteiger partial charge in [-0.3, -0.25) is 9.48 Å². The number of aryl methyl sites for hydroxylation is 1. The van der Waals surface area contributed by atoms with E-state index in [2.05, 4.69) is 24.3 Å². The van der Waals surface area contributed by atoms with Crippen LogP contribution in [-0.2, 0) is 7.05 Å². The molecule has 1 unspecified atom stereocenters. The van der Waals surface area contributed by atoms with Crippen LogP contribution in [0.1, 0.15) is 48.0 Å². The van der Waals surface area contributed by atoms with Crippen molar-refractivity contribution in [3.63, 3.8) is 0 Å². The van der Waals surface area contributed by atoms with Gasteiger partial charge in [-0.2, -0.15) is 5.10 Å². The number of hydrogen-bond donors (Lipinski definition) is 2. The van der Waals surface area contributed by atoms with Gasteiger partial charge in [0.25, 0.3) is 5.91 Å². The molecule has 114 valence electrons. The van der Waals surface area contributed by atoms with Gasteiger partial charge >= 0.3 is 0 Å². The summed E-state index contributed by atoms with van der Waals surface area (Å²) in [6.07, 6.45) is 2.35. The van der Waals surface area contributed by atoms with Gasteiger partial charge in [-0.1, -0.05) is 13.8 Å². The lowest BCUT2D eigenvalue weighted by atomic mass is 10.1. The van der Waals surface area contributed by atoms with Crippen molar-refractivity contribution in [2.24, 2.45) is 18.7 Å². The van der Waals surface area contributed by atoms with Gasteiger partial charge in [0, 0.05) is 25.0 Å². The molecule has 0 aromatic carbocycles. The second-order valence-electron chi connectivity index (χ2n) is 6.15. The Balaban J connectivity index is 1.86. The van der Waals surface area contributed by atoms with Crippen molar-refractivity contribution in [3.05, 3.63) is 16.6 Å². The van der Waals surface area contributed by atoms with Crippen LogP contribution < -0.4 is 11.1 Å².